The number of hydrogen-bond donors (Lipinski definition) is 1. The summed E-state index contributed by atoms with van der Waals surface area (Å²) in [6.07, 6.45) is 8.99. The van der Waals surface area contributed by atoms with Crippen LogP contribution >= 0.6 is 0 Å². The molecule has 2 aromatic carbocycles. The molecule has 0 aliphatic heterocycles. The molecule has 0 heterocycles. The van der Waals surface area contributed by atoms with E-state index in [0.29, 0.717) is 11.8 Å². The summed E-state index contributed by atoms with van der Waals surface area (Å²) < 4.78 is 33.3. The van der Waals surface area contributed by atoms with Crippen LogP contribution in [0.2, 0.25) is 0 Å². The zero-order valence-corrected chi connectivity index (χ0v) is 14.6. The Kier molecular flexibility index (Phi) is 9.83. The molecule has 0 aliphatic rings. The van der Waals surface area contributed by atoms with E-state index in [4.69, 9.17) is 0 Å². The van der Waals surface area contributed by atoms with Gasteiger partial charge >= 0.3 is 37.7 Å². The van der Waals surface area contributed by atoms with Gasteiger partial charge in [0.05, 0.1) is 0 Å². The predicted octanol–water partition coefficient (Wildman–Crippen LogP) is 4.46. The average molecular weight is 377 g/mol. The summed E-state index contributed by atoms with van der Waals surface area (Å²) in [5.74, 6) is 0. The van der Waals surface area contributed by atoms with Gasteiger partial charge in [0.25, 0.3) is 10.1 Å². The summed E-state index contributed by atoms with van der Waals surface area (Å²) >= 11 is 0. The van der Waals surface area contributed by atoms with Gasteiger partial charge in [0.2, 0.25) is 0 Å². The van der Waals surface area contributed by atoms with Crippen molar-refractivity contribution in [3.8, 4) is 0 Å². The molecule has 2 aromatic rings. The van der Waals surface area contributed by atoms with Crippen molar-refractivity contribution >= 4 is 58.6 Å². The number of unbranched alkanes of at least 4 members (excludes halogenated alkanes) is 6. The van der Waals surface area contributed by atoms with Crippen LogP contribution in [0.3, 0.4) is 0 Å². The zero-order valence-electron chi connectivity index (χ0n) is 13.8. The standard InChI is InChI=1S/C19H26O3S.Ca.2H/c1-2-3-4-5-6-7-8-12-17-15-14-16-11-9-10-13-18(16)19(17)23(20,21)22;;;/h9-11,13-15H,2-8,12H2,1H3,(H,20,21,22);;;. The molecule has 3 nitrogen and oxygen atoms in total. The van der Waals surface area contributed by atoms with E-state index in [1.165, 1.54) is 32.1 Å². The van der Waals surface area contributed by atoms with Crippen LogP contribution < -0.4 is 0 Å². The fraction of sp³-hybridized carbons (Fsp3) is 0.474. The third-order valence-electron chi connectivity index (χ3n) is 4.27. The maximum atomic E-state index is 11.8. The van der Waals surface area contributed by atoms with Crippen LogP contribution in [-0.2, 0) is 16.5 Å². The summed E-state index contributed by atoms with van der Waals surface area (Å²) in [4.78, 5) is 0.0848. The minimum absolute atomic E-state index is 0. The molecule has 0 unspecified atom stereocenters. The molecule has 5 heteroatoms. The Morgan fingerprint density at radius 3 is 2.17 bits per heavy atom. The molecule has 0 fully saturated rings. The fourth-order valence-electron chi connectivity index (χ4n) is 3.06. The van der Waals surface area contributed by atoms with Crippen molar-refractivity contribution < 1.29 is 13.0 Å². The average Bonchev–Trinajstić information content (AvgIpc) is 2.52. The molecule has 0 saturated heterocycles. The molecular formula is C19H28CaO3S. The van der Waals surface area contributed by atoms with Crippen molar-refractivity contribution in [1.29, 1.82) is 0 Å². The van der Waals surface area contributed by atoms with Crippen LogP contribution in [0.15, 0.2) is 41.3 Å². The van der Waals surface area contributed by atoms with Crippen molar-refractivity contribution in [2.75, 3.05) is 0 Å². The minimum atomic E-state index is -4.21. The van der Waals surface area contributed by atoms with E-state index in [0.717, 1.165) is 23.8 Å². The normalized spacial score (nSPS) is 11.4. The van der Waals surface area contributed by atoms with Gasteiger partial charge in [-0.25, -0.2) is 0 Å². The van der Waals surface area contributed by atoms with Crippen molar-refractivity contribution in [2.24, 2.45) is 0 Å². The number of benzene rings is 2. The molecule has 24 heavy (non-hydrogen) atoms. The molecule has 0 radical (unpaired) electrons. The van der Waals surface area contributed by atoms with E-state index >= 15 is 0 Å². The van der Waals surface area contributed by atoms with Gasteiger partial charge < -0.3 is 0 Å². The first-order chi connectivity index (χ1) is 11.0. The Balaban J connectivity index is 0.00000288. The summed E-state index contributed by atoms with van der Waals surface area (Å²) in [5.41, 5.74) is 0.722. The monoisotopic (exact) mass is 376 g/mol. The van der Waals surface area contributed by atoms with Crippen LogP contribution in [0.1, 0.15) is 57.4 Å². The first kappa shape index (κ1) is 21.9. The van der Waals surface area contributed by atoms with Gasteiger partial charge in [0.1, 0.15) is 4.90 Å². The number of aryl methyl sites for hydroxylation is 1. The van der Waals surface area contributed by atoms with Crippen LogP contribution in [-0.4, -0.2) is 50.7 Å². The SMILES string of the molecule is CCCCCCCCCc1ccc2ccccc2c1S(=O)(=O)O.[CaH2]. The maximum absolute atomic E-state index is 11.8. The second-order valence-electron chi connectivity index (χ2n) is 6.12. The molecule has 0 bridgehead atoms. The Morgan fingerprint density at radius 1 is 0.875 bits per heavy atom. The molecule has 0 aromatic heterocycles. The van der Waals surface area contributed by atoms with E-state index in [2.05, 4.69) is 6.92 Å². The topological polar surface area (TPSA) is 54.4 Å². The first-order valence-corrected chi connectivity index (χ1v) is 9.96. The quantitative estimate of drug-likeness (QED) is 0.399. The van der Waals surface area contributed by atoms with Gasteiger partial charge in [0, 0.05) is 5.39 Å². The van der Waals surface area contributed by atoms with Crippen molar-refractivity contribution in [3.63, 3.8) is 0 Å². The van der Waals surface area contributed by atoms with Crippen molar-refractivity contribution in [1.82, 2.24) is 0 Å². The van der Waals surface area contributed by atoms with Gasteiger partial charge in [-0.3, -0.25) is 4.55 Å². The van der Waals surface area contributed by atoms with Gasteiger partial charge in [-0.05, 0) is 23.8 Å². The van der Waals surface area contributed by atoms with Crippen molar-refractivity contribution in [3.05, 3.63) is 42.0 Å². The fourth-order valence-corrected chi connectivity index (χ4v) is 4.03. The molecule has 0 saturated carbocycles. The summed E-state index contributed by atoms with van der Waals surface area (Å²) in [6.45, 7) is 2.20. The van der Waals surface area contributed by atoms with Crippen LogP contribution in [0.25, 0.3) is 10.8 Å². The van der Waals surface area contributed by atoms with Gasteiger partial charge in [-0.2, -0.15) is 8.42 Å². The second-order valence-corrected chi connectivity index (χ2v) is 7.48. The molecule has 2 rings (SSSR count). The van der Waals surface area contributed by atoms with Crippen LogP contribution in [0, 0.1) is 0 Å². The molecule has 130 valence electrons. The molecule has 0 aliphatic carbocycles. The van der Waals surface area contributed by atoms with E-state index < -0.39 is 10.1 Å². The van der Waals surface area contributed by atoms with Gasteiger partial charge in [0.15, 0.2) is 0 Å². The third kappa shape index (κ3) is 6.30. The first-order valence-electron chi connectivity index (χ1n) is 8.52. The molecular weight excluding hydrogens is 348 g/mol. The number of fused-ring (bicyclic) bond motifs is 1. The molecule has 0 atom stereocenters. The number of rotatable bonds is 9. The van der Waals surface area contributed by atoms with E-state index in [-0.39, 0.29) is 42.6 Å². The molecule has 1 N–H and O–H groups in total. The van der Waals surface area contributed by atoms with Gasteiger partial charge in [-0.1, -0.05) is 81.8 Å². The second kappa shape index (κ2) is 10.8. The Bertz CT molecular complexity index is 741. The molecule has 0 amide bonds. The molecule has 0 spiro atoms. The summed E-state index contributed by atoms with van der Waals surface area (Å²) in [5, 5.41) is 1.44. The van der Waals surface area contributed by atoms with Crippen LogP contribution in [0.4, 0.5) is 0 Å². The van der Waals surface area contributed by atoms with Crippen molar-refractivity contribution in [2.45, 2.75) is 63.2 Å². The predicted molar refractivity (Wildman–Crippen MR) is 104 cm³/mol. The van der Waals surface area contributed by atoms with E-state index in [1.807, 2.05) is 24.3 Å². The van der Waals surface area contributed by atoms with E-state index in [9.17, 15) is 13.0 Å². The third-order valence-corrected chi connectivity index (χ3v) is 5.27. The van der Waals surface area contributed by atoms with Crippen LogP contribution in [0.5, 0.6) is 0 Å². The summed E-state index contributed by atoms with van der Waals surface area (Å²) in [6, 6.07) is 11.1. The Morgan fingerprint density at radius 2 is 1.50 bits per heavy atom. The Hall–Kier alpha value is -0.130. The summed E-state index contributed by atoms with van der Waals surface area (Å²) in [7, 11) is -4.21. The Labute approximate surface area is 175 Å². The van der Waals surface area contributed by atoms with Gasteiger partial charge in [-0.15, -0.1) is 0 Å². The zero-order chi connectivity index (χ0) is 16.7. The van der Waals surface area contributed by atoms with E-state index in [1.54, 1.807) is 12.1 Å². The number of hydrogen-bond acceptors (Lipinski definition) is 2.